The monoisotopic (exact) mass is 340 g/mol. The number of carbonyl (C=O) groups excluding carboxylic acids is 1. The van der Waals surface area contributed by atoms with Gasteiger partial charge in [0.2, 0.25) is 5.95 Å². The Labute approximate surface area is 137 Å². The Balaban J connectivity index is 2.15. The van der Waals surface area contributed by atoms with Gasteiger partial charge in [-0.05, 0) is 27.2 Å². The van der Waals surface area contributed by atoms with Gasteiger partial charge in [0.05, 0.1) is 17.1 Å². The Hall–Kier alpha value is -1.70. The zero-order valence-corrected chi connectivity index (χ0v) is 14.7. The van der Waals surface area contributed by atoms with E-state index in [2.05, 4.69) is 9.97 Å². The van der Waals surface area contributed by atoms with Crippen LogP contribution in [0.5, 0.6) is 0 Å². The van der Waals surface area contributed by atoms with E-state index >= 15 is 0 Å². The highest BCUT2D eigenvalue weighted by molar-refractivity contribution is 7.91. The van der Waals surface area contributed by atoms with Crippen LogP contribution in [0.4, 0.5) is 5.95 Å². The summed E-state index contributed by atoms with van der Waals surface area (Å²) in [6.07, 6.45) is 3.55. The molecule has 1 saturated heterocycles. The van der Waals surface area contributed by atoms with Crippen LogP contribution in [0.15, 0.2) is 12.4 Å². The van der Waals surface area contributed by atoms with E-state index in [-0.39, 0.29) is 23.5 Å². The summed E-state index contributed by atoms with van der Waals surface area (Å²) >= 11 is 0. The molecule has 128 valence electrons. The number of hydrogen-bond acceptors (Lipinski definition) is 6. The lowest BCUT2D eigenvalue weighted by Gasteiger charge is -2.27. The molecule has 0 N–H and O–H groups in total. The molecular formula is C15H24N4O3S. The molecule has 0 aromatic carbocycles. The predicted molar refractivity (Wildman–Crippen MR) is 89.4 cm³/mol. The summed E-state index contributed by atoms with van der Waals surface area (Å²) in [6, 6.07) is -0.250. The summed E-state index contributed by atoms with van der Waals surface area (Å²) in [5.41, 5.74) is 0.395. The van der Waals surface area contributed by atoms with Crippen molar-refractivity contribution in [3.05, 3.63) is 18.0 Å². The second kappa shape index (κ2) is 7.25. The number of hydrogen-bond donors (Lipinski definition) is 0. The Morgan fingerprint density at radius 1 is 1.17 bits per heavy atom. The van der Waals surface area contributed by atoms with E-state index in [0.717, 1.165) is 13.1 Å². The third-order valence-electron chi connectivity index (χ3n) is 4.18. The number of carbonyl (C=O) groups is 1. The quantitative estimate of drug-likeness (QED) is 0.767. The highest BCUT2D eigenvalue weighted by Crippen LogP contribution is 2.20. The lowest BCUT2D eigenvalue weighted by molar-refractivity contribution is 0.0707. The van der Waals surface area contributed by atoms with Crippen LogP contribution in [-0.2, 0) is 9.84 Å². The Morgan fingerprint density at radius 3 is 2.22 bits per heavy atom. The summed E-state index contributed by atoms with van der Waals surface area (Å²) < 4.78 is 23.3. The molecule has 8 heteroatoms. The van der Waals surface area contributed by atoms with Crippen molar-refractivity contribution in [1.29, 1.82) is 0 Å². The van der Waals surface area contributed by atoms with Gasteiger partial charge in [-0.3, -0.25) is 4.79 Å². The molecule has 1 aromatic heterocycles. The Kier molecular flexibility index (Phi) is 5.56. The van der Waals surface area contributed by atoms with Crippen molar-refractivity contribution in [3.63, 3.8) is 0 Å². The molecule has 1 amide bonds. The largest absolute Gasteiger partial charge is 0.341 e. The van der Waals surface area contributed by atoms with Crippen molar-refractivity contribution in [3.8, 4) is 0 Å². The van der Waals surface area contributed by atoms with Crippen molar-refractivity contribution in [1.82, 2.24) is 14.9 Å². The third kappa shape index (κ3) is 3.99. The van der Waals surface area contributed by atoms with Gasteiger partial charge in [0.15, 0.2) is 9.84 Å². The van der Waals surface area contributed by atoms with Gasteiger partial charge in [-0.25, -0.2) is 18.4 Å². The third-order valence-corrected chi connectivity index (χ3v) is 5.93. The molecule has 2 rings (SSSR count). The SMILES string of the molecule is CCN(CC)c1ncc(C(=O)N(CC)C2CCS(=O)(=O)C2)cn1. The Morgan fingerprint density at radius 2 is 1.78 bits per heavy atom. The number of nitrogens with zero attached hydrogens (tertiary/aromatic N) is 4. The standard InChI is InChI=1S/C15H24N4O3S/c1-4-18(5-2)15-16-9-12(10-17-15)14(20)19(6-3)13-7-8-23(21,22)11-13/h9-10,13H,4-8,11H2,1-3H3. The summed E-state index contributed by atoms with van der Waals surface area (Å²) in [4.78, 5) is 24.8. The fourth-order valence-corrected chi connectivity index (χ4v) is 4.59. The van der Waals surface area contributed by atoms with Gasteiger partial charge in [0.25, 0.3) is 5.91 Å². The molecule has 0 aliphatic carbocycles. The zero-order chi connectivity index (χ0) is 17.0. The first-order valence-corrected chi connectivity index (χ1v) is 9.82. The van der Waals surface area contributed by atoms with Crippen molar-refractivity contribution in [2.45, 2.75) is 33.2 Å². The topological polar surface area (TPSA) is 83.5 Å². The van der Waals surface area contributed by atoms with Crippen LogP contribution in [0.25, 0.3) is 0 Å². The smallest absolute Gasteiger partial charge is 0.257 e. The molecule has 1 atom stereocenters. The number of anilines is 1. The second-order valence-corrected chi connectivity index (χ2v) is 7.82. The van der Waals surface area contributed by atoms with Gasteiger partial charge < -0.3 is 9.80 Å². The maximum absolute atomic E-state index is 12.6. The lowest BCUT2D eigenvalue weighted by atomic mass is 10.2. The summed E-state index contributed by atoms with van der Waals surface area (Å²) in [7, 11) is -3.02. The maximum Gasteiger partial charge on any atom is 0.257 e. The molecule has 1 fully saturated rings. The van der Waals surface area contributed by atoms with Gasteiger partial charge in [-0.15, -0.1) is 0 Å². The Bertz CT molecular complexity index is 641. The van der Waals surface area contributed by atoms with Crippen molar-refractivity contribution in [2.24, 2.45) is 0 Å². The lowest BCUT2D eigenvalue weighted by Crippen LogP contribution is -2.41. The molecule has 0 saturated carbocycles. The number of rotatable bonds is 6. The van der Waals surface area contributed by atoms with E-state index < -0.39 is 9.84 Å². The first-order valence-electron chi connectivity index (χ1n) is 8.00. The normalized spacial score (nSPS) is 19.5. The van der Waals surface area contributed by atoms with Crippen LogP contribution in [-0.4, -0.2) is 66.4 Å². The van der Waals surface area contributed by atoms with Crippen molar-refractivity contribution < 1.29 is 13.2 Å². The van der Waals surface area contributed by atoms with E-state index in [4.69, 9.17) is 0 Å². The van der Waals surface area contributed by atoms with E-state index in [1.807, 2.05) is 25.7 Å². The molecule has 0 spiro atoms. The van der Waals surface area contributed by atoms with Crippen molar-refractivity contribution >= 4 is 21.7 Å². The zero-order valence-electron chi connectivity index (χ0n) is 13.9. The highest BCUT2D eigenvalue weighted by Gasteiger charge is 2.34. The van der Waals surface area contributed by atoms with Gasteiger partial charge in [-0.1, -0.05) is 0 Å². The van der Waals surface area contributed by atoms with E-state index in [0.29, 0.717) is 24.5 Å². The van der Waals surface area contributed by atoms with E-state index in [1.165, 1.54) is 12.4 Å². The fourth-order valence-electron chi connectivity index (χ4n) is 2.86. The molecule has 2 heterocycles. The minimum Gasteiger partial charge on any atom is -0.341 e. The van der Waals surface area contributed by atoms with Gasteiger partial charge >= 0.3 is 0 Å². The number of sulfone groups is 1. The van der Waals surface area contributed by atoms with E-state index in [1.54, 1.807) is 4.90 Å². The summed E-state index contributed by atoms with van der Waals surface area (Å²) in [5.74, 6) is 0.586. The average molecular weight is 340 g/mol. The molecule has 1 aromatic rings. The fraction of sp³-hybridized carbons (Fsp3) is 0.667. The minimum absolute atomic E-state index is 0.0466. The number of aromatic nitrogens is 2. The molecule has 0 bridgehead atoms. The van der Waals surface area contributed by atoms with Crippen LogP contribution in [0.2, 0.25) is 0 Å². The van der Waals surface area contributed by atoms with E-state index in [9.17, 15) is 13.2 Å². The first-order chi connectivity index (χ1) is 10.9. The number of amides is 1. The molecular weight excluding hydrogens is 316 g/mol. The molecule has 1 aliphatic heterocycles. The minimum atomic E-state index is -3.02. The first kappa shape index (κ1) is 17.7. The molecule has 1 unspecified atom stereocenters. The maximum atomic E-state index is 12.6. The molecule has 7 nitrogen and oxygen atoms in total. The van der Waals surface area contributed by atoms with Gasteiger partial charge in [0.1, 0.15) is 0 Å². The molecule has 23 heavy (non-hydrogen) atoms. The van der Waals surface area contributed by atoms with Crippen LogP contribution < -0.4 is 4.90 Å². The summed E-state index contributed by atoms with van der Waals surface area (Å²) in [6.45, 7) is 7.96. The van der Waals surface area contributed by atoms with Crippen LogP contribution >= 0.6 is 0 Å². The molecule has 0 radical (unpaired) electrons. The van der Waals surface area contributed by atoms with Crippen LogP contribution in [0.1, 0.15) is 37.6 Å². The predicted octanol–water partition coefficient (Wildman–Crippen LogP) is 0.972. The molecule has 1 aliphatic rings. The van der Waals surface area contributed by atoms with Gasteiger partial charge in [-0.2, -0.15) is 0 Å². The van der Waals surface area contributed by atoms with Crippen LogP contribution in [0.3, 0.4) is 0 Å². The van der Waals surface area contributed by atoms with Crippen molar-refractivity contribution in [2.75, 3.05) is 36.0 Å². The van der Waals surface area contributed by atoms with Crippen LogP contribution in [0, 0.1) is 0 Å². The van der Waals surface area contributed by atoms with Gasteiger partial charge in [0, 0.05) is 38.1 Å². The second-order valence-electron chi connectivity index (χ2n) is 5.59. The summed E-state index contributed by atoms with van der Waals surface area (Å²) in [5, 5.41) is 0. The highest BCUT2D eigenvalue weighted by atomic mass is 32.2. The average Bonchev–Trinajstić information content (AvgIpc) is 2.89.